The van der Waals surface area contributed by atoms with Crippen LogP contribution in [0.25, 0.3) is 22.5 Å². The highest BCUT2D eigenvalue weighted by Gasteiger charge is 2.29. The Morgan fingerprint density at radius 3 is 1.78 bits per heavy atom. The van der Waals surface area contributed by atoms with Gasteiger partial charge in [-0.3, -0.25) is 28.8 Å². The van der Waals surface area contributed by atoms with E-state index >= 15 is 0 Å². The van der Waals surface area contributed by atoms with Crippen LogP contribution >= 0.6 is 9.24 Å². The van der Waals surface area contributed by atoms with Crippen molar-refractivity contribution in [3.05, 3.63) is 54.1 Å². The van der Waals surface area contributed by atoms with E-state index in [2.05, 4.69) is 40.8 Å². The number of carbonyl (C=O) groups excluding carboxylic acids is 6. The minimum absolute atomic E-state index is 0.0309. The molecule has 0 saturated heterocycles. The Morgan fingerprint density at radius 1 is 0.627 bits per heavy atom. The summed E-state index contributed by atoms with van der Waals surface area (Å²) in [6.07, 6.45) is 4.39. The Balaban J connectivity index is 1.25. The number of ether oxygens (including phenoxy) is 4. The zero-order valence-corrected chi connectivity index (χ0v) is 40.3. The van der Waals surface area contributed by atoms with Gasteiger partial charge in [0.25, 0.3) is 0 Å². The predicted octanol–water partition coefficient (Wildman–Crippen LogP) is 2.85. The maximum atomic E-state index is 14.2. The van der Waals surface area contributed by atoms with Crippen LogP contribution in [0.15, 0.2) is 48.5 Å². The monoisotopic (exact) mass is 951 g/mol. The molecule has 19 nitrogen and oxygen atoms in total. The Hall–Kier alpha value is -5.33. The number of benzene rings is 2. The number of nitrogens with one attached hydrogen (secondary N) is 4. The SMILES string of the molecule is CC(=O)NCCCCCNC(=O)CCOCCOCCN(CCOCCOCCC(=O)NCCCNC(C)=O)C(=O)CCC(=O)N1Cc2ccccc2-c2c(nnn2CCP)-c2ccccc21. The second-order valence-electron chi connectivity index (χ2n) is 15.9. The van der Waals surface area contributed by atoms with Crippen molar-refractivity contribution in [3.63, 3.8) is 0 Å². The van der Waals surface area contributed by atoms with Crippen molar-refractivity contribution in [3.8, 4) is 22.5 Å². The van der Waals surface area contributed by atoms with Crippen molar-refractivity contribution in [2.75, 3.05) is 103 Å². The number of unbranched alkanes of at least 4 members (excludes halogenated alkanes) is 2. The maximum absolute atomic E-state index is 14.2. The second-order valence-corrected chi connectivity index (χ2v) is 16.4. The molecule has 0 saturated carbocycles. The fraction of sp³-hybridized carbons (Fsp3) is 0.574. The van der Waals surface area contributed by atoms with Crippen molar-refractivity contribution in [2.24, 2.45) is 0 Å². The number of aryl methyl sites for hydroxylation is 1. The quantitative estimate of drug-likeness (QED) is 0.0511. The van der Waals surface area contributed by atoms with E-state index < -0.39 is 0 Å². The summed E-state index contributed by atoms with van der Waals surface area (Å²) >= 11 is 0. The van der Waals surface area contributed by atoms with Crippen LogP contribution in [-0.2, 0) is 60.8 Å². The Kier molecular flexibility index (Phi) is 25.6. The van der Waals surface area contributed by atoms with Gasteiger partial charge in [0, 0.05) is 96.5 Å². The van der Waals surface area contributed by atoms with E-state index in [-0.39, 0.29) is 127 Å². The summed E-state index contributed by atoms with van der Waals surface area (Å²) in [6.45, 7) is 8.56. The summed E-state index contributed by atoms with van der Waals surface area (Å²) in [6, 6.07) is 15.6. The molecule has 0 bridgehead atoms. The molecule has 2 heterocycles. The molecule has 0 aliphatic carbocycles. The summed E-state index contributed by atoms with van der Waals surface area (Å²) in [5.74, 6) is -0.817. The lowest BCUT2D eigenvalue weighted by molar-refractivity contribution is -0.134. The molecule has 0 spiro atoms. The van der Waals surface area contributed by atoms with Crippen LogP contribution in [-0.4, -0.2) is 154 Å². The van der Waals surface area contributed by atoms with E-state index in [1.165, 1.54) is 13.8 Å². The second kappa shape index (κ2) is 31.6. The summed E-state index contributed by atoms with van der Waals surface area (Å²) in [5.41, 5.74) is 4.98. The average molecular weight is 952 g/mol. The third kappa shape index (κ3) is 20.2. The molecule has 67 heavy (non-hydrogen) atoms. The fourth-order valence-electron chi connectivity index (χ4n) is 7.18. The van der Waals surface area contributed by atoms with Gasteiger partial charge in [-0.15, -0.1) is 14.3 Å². The van der Waals surface area contributed by atoms with Crippen molar-refractivity contribution < 1.29 is 47.7 Å². The first kappa shape index (κ1) is 54.3. The third-order valence-electron chi connectivity index (χ3n) is 10.6. The van der Waals surface area contributed by atoms with E-state index in [4.69, 9.17) is 18.9 Å². The van der Waals surface area contributed by atoms with Gasteiger partial charge >= 0.3 is 0 Å². The number of hydrogen-bond acceptors (Lipinski definition) is 12. The van der Waals surface area contributed by atoms with Crippen molar-refractivity contribution in [1.82, 2.24) is 41.2 Å². The van der Waals surface area contributed by atoms with Gasteiger partial charge in [-0.2, -0.15) is 0 Å². The molecule has 0 radical (unpaired) electrons. The summed E-state index contributed by atoms with van der Waals surface area (Å²) < 4.78 is 24.7. The largest absolute Gasteiger partial charge is 0.379 e. The van der Waals surface area contributed by atoms with Gasteiger partial charge in [0.1, 0.15) is 5.69 Å². The van der Waals surface area contributed by atoms with Gasteiger partial charge in [-0.05, 0) is 43.5 Å². The minimum atomic E-state index is -0.224. The van der Waals surface area contributed by atoms with E-state index in [0.29, 0.717) is 57.1 Å². The number of nitrogens with zero attached hydrogens (tertiary/aromatic N) is 5. The molecule has 1 aliphatic heterocycles. The van der Waals surface area contributed by atoms with Gasteiger partial charge in [0.15, 0.2) is 0 Å². The molecule has 6 amide bonds. The molecule has 368 valence electrons. The first-order valence-electron chi connectivity index (χ1n) is 23.3. The van der Waals surface area contributed by atoms with Gasteiger partial charge in [-0.25, -0.2) is 4.68 Å². The van der Waals surface area contributed by atoms with Crippen molar-refractivity contribution in [2.45, 2.75) is 78.3 Å². The Morgan fingerprint density at radius 2 is 1.16 bits per heavy atom. The average Bonchev–Trinajstić information content (AvgIpc) is 3.72. The molecule has 1 aliphatic rings. The highest BCUT2D eigenvalue weighted by Crippen LogP contribution is 2.41. The van der Waals surface area contributed by atoms with Gasteiger partial charge < -0.3 is 50.0 Å². The Bertz CT molecular complexity index is 2020. The van der Waals surface area contributed by atoms with E-state index in [1.807, 2.05) is 53.2 Å². The molecule has 4 rings (SSSR count). The number of fused-ring (bicyclic) bond motifs is 5. The van der Waals surface area contributed by atoms with Crippen LogP contribution in [0, 0.1) is 0 Å². The van der Waals surface area contributed by atoms with Crippen molar-refractivity contribution in [1.29, 1.82) is 0 Å². The van der Waals surface area contributed by atoms with E-state index in [9.17, 15) is 28.8 Å². The molecule has 4 N–H and O–H groups in total. The summed E-state index contributed by atoms with van der Waals surface area (Å²) in [5, 5.41) is 20.2. The Labute approximate surface area is 396 Å². The lowest BCUT2D eigenvalue weighted by atomic mass is 9.95. The number of anilines is 1. The number of amides is 6. The summed E-state index contributed by atoms with van der Waals surface area (Å²) in [4.78, 5) is 77.5. The molecular weight excluding hydrogens is 882 g/mol. The smallest absolute Gasteiger partial charge is 0.227 e. The van der Waals surface area contributed by atoms with Crippen LogP contribution in [0.1, 0.15) is 70.8 Å². The molecule has 1 unspecified atom stereocenters. The van der Waals surface area contributed by atoms with Gasteiger partial charge in [-0.1, -0.05) is 47.7 Å². The topological polar surface area (TPSA) is 225 Å². The normalized spacial score (nSPS) is 11.7. The zero-order valence-electron chi connectivity index (χ0n) is 39.2. The van der Waals surface area contributed by atoms with Crippen LogP contribution < -0.4 is 26.2 Å². The van der Waals surface area contributed by atoms with Crippen LogP contribution in [0.3, 0.4) is 0 Å². The molecule has 1 atom stereocenters. The molecular formula is C47H70N9O10P. The number of carbonyl (C=O) groups is 6. The highest BCUT2D eigenvalue weighted by atomic mass is 31.0. The van der Waals surface area contributed by atoms with Gasteiger partial charge in [0.2, 0.25) is 35.4 Å². The fourth-order valence-corrected chi connectivity index (χ4v) is 7.43. The molecule has 1 aromatic heterocycles. The lowest BCUT2D eigenvalue weighted by Crippen LogP contribution is -2.38. The van der Waals surface area contributed by atoms with Crippen LogP contribution in [0.5, 0.6) is 0 Å². The van der Waals surface area contributed by atoms with Crippen LogP contribution in [0.4, 0.5) is 5.69 Å². The van der Waals surface area contributed by atoms with E-state index in [1.54, 1.807) is 9.80 Å². The first-order valence-corrected chi connectivity index (χ1v) is 24.1. The van der Waals surface area contributed by atoms with Gasteiger partial charge in [0.05, 0.1) is 70.8 Å². The van der Waals surface area contributed by atoms with Crippen LogP contribution in [0.2, 0.25) is 0 Å². The van der Waals surface area contributed by atoms with Crippen molar-refractivity contribution >= 4 is 50.4 Å². The predicted molar refractivity (Wildman–Crippen MR) is 257 cm³/mol. The molecule has 0 fully saturated rings. The highest BCUT2D eigenvalue weighted by molar-refractivity contribution is 7.16. The lowest BCUT2D eigenvalue weighted by Gasteiger charge is -2.29. The third-order valence-corrected chi connectivity index (χ3v) is 10.9. The number of rotatable bonds is 33. The summed E-state index contributed by atoms with van der Waals surface area (Å²) in [7, 11) is 2.73. The minimum Gasteiger partial charge on any atom is -0.379 e. The number of aromatic nitrogens is 3. The zero-order chi connectivity index (χ0) is 48.1. The number of para-hydroxylation sites is 1. The molecule has 3 aromatic rings. The maximum Gasteiger partial charge on any atom is 0.227 e. The van der Waals surface area contributed by atoms with E-state index in [0.717, 1.165) is 47.8 Å². The molecule has 20 heteroatoms. The molecule has 2 aromatic carbocycles. The number of hydrogen-bond donors (Lipinski definition) is 4. The standard InChI is InChI=1S/C47H70N9O10P/c1-36(57)48-19-8-3-9-20-50-42(59)17-26-63-30-32-65-28-23-54(24-29-66-33-31-64-27-18-43(60)51-22-10-21-49-37(2)58)44(61)15-16-45(62)55-35-38-11-4-5-12-39(38)47-46(52-53-56(47)25-34-67)40-13-6-7-14-41(40)55/h4-7,11-14H,3,8-10,15-35,67H2,1-2H3,(H,48,57)(H,49,58)(H,50,59)(H,51,60). The first-order chi connectivity index (χ1) is 32.6.